The molecule has 0 amide bonds. The normalized spacial score (nSPS) is 41.5. The number of esters is 1. The van der Waals surface area contributed by atoms with Gasteiger partial charge >= 0.3 is 5.97 Å². The first-order valence-corrected chi connectivity index (χ1v) is 10.8. The van der Waals surface area contributed by atoms with E-state index in [2.05, 4.69) is 0 Å². The summed E-state index contributed by atoms with van der Waals surface area (Å²) in [5.74, 6) is -5.11. The Balaban J connectivity index is 1.79. The first kappa shape index (κ1) is 22.3. The van der Waals surface area contributed by atoms with Gasteiger partial charge in [0.15, 0.2) is 5.79 Å². The summed E-state index contributed by atoms with van der Waals surface area (Å²) in [4.78, 5) is 26.2. The molecule has 168 valence electrons. The number of allylic oxidation sites excluding steroid dienone is 3. The Morgan fingerprint density at radius 2 is 1.97 bits per heavy atom. The van der Waals surface area contributed by atoms with Gasteiger partial charge in [-0.05, 0) is 45.4 Å². The van der Waals surface area contributed by atoms with Crippen molar-refractivity contribution >= 4 is 23.4 Å². The lowest BCUT2D eigenvalue weighted by Crippen LogP contribution is -2.56. The van der Waals surface area contributed by atoms with Crippen LogP contribution in [0.4, 0.5) is 0 Å². The number of hydrogen-bond donors (Lipinski definition) is 2. The Hall–Kier alpha value is -1.93. The molecule has 31 heavy (non-hydrogen) atoms. The highest BCUT2D eigenvalue weighted by Crippen LogP contribution is 2.60. The second-order valence-corrected chi connectivity index (χ2v) is 9.56. The molecule has 0 saturated carbocycles. The maximum atomic E-state index is 13.3. The molecule has 8 heteroatoms. The summed E-state index contributed by atoms with van der Waals surface area (Å²) < 4.78 is 17.2. The van der Waals surface area contributed by atoms with Crippen LogP contribution in [-0.4, -0.2) is 45.1 Å². The minimum atomic E-state index is -1.87. The lowest BCUT2D eigenvalue weighted by Gasteiger charge is -2.42. The van der Waals surface area contributed by atoms with E-state index in [4.69, 9.17) is 25.8 Å². The van der Waals surface area contributed by atoms with Crippen molar-refractivity contribution in [2.24, 2.45) is 17.8 Å². The standard InChI is InChI=1S/C23H27ClO7/c1-6-21(4,27)8-7-13-9-14-15(10-29-13)16-17-20(26)30-12(3)11(2)23(17,28)31-22(16,5)19(25)18(14)24/h7-12,16-17,27-28H,6H2,1-5H3. The van der Waals surface area contributed by atoms with Crippen LogP contribution < -0.4 is 0 Å². The van der Waals surface area contributed by atoms with E-state index in [-0.39, 0.29) is 5.03 Å². The third kappa shape index (κ3) is 3.13. The van der Waals surface area contributed by atoms with Gasteiger partial charge in [0.05, 0.1) is 16.9 Å². The number of cyclic esters (lactones) is 1. The molecule has 3 aliphatic heterocycles. The summed E-state index contributed by atoms with van der Waals surface area (Å²) in [5.41, 5.74) is -1.66. The van der Waals surface area contributed by atoms with Crippen molar-refractivity contribution in [2.45, 2.75) is 64.1 Å². The maximum absolute atomic E-state index is 13.3. The second-order valence-electron chi connectivity index (χ2n) is 9.19. The number of halogens is 1. The van der Waals surface area contributed by atoms with Crippen molar-refractivity contribution in [3.63, 3.8) is 0 Å². The van der Waals surface area contributed by atoms with Crippen molar-refractivity contribution in [1.29, 1.82) is 0 Å². The van der Waals surface area contributed by atoms with Crippen LogP contribution in [0.25, 0.3) is 0 Å². The highest BCUT2D eigenvalue weighted by atomic mass is 35.5. The van der Waals surface area contributed by atoms with Crippen LogP contribution in [0.3, 0.4) is 0 Å². The molecular weight excluding hydrogens is 424 g/mol. The Morgan fingerprint density at radius 1 is 1.29 bits per heavy atom. The molecule has 0 bridgehead atoms. The molecule has 7 atom stereocenters. The average Bonchev–Trinajstić information content (AvgIpc) is 2.98. The number of aliphatic hydroxyl groups is 2. The smallest absolute Gasteiger partial charge is 0.315 e. The van der Waals surface area contributed by atoms with Gasteiger partial charge < -0.3 is 24.4 Å². The van der Waals surface area contributed by atoms with Gasteiger partial charge in [-0.3, -0.25) is 9.59 Å². The van der Waals surface area contributed by atoms with Crippen LogP contribution >= 0.6 is 11.6 Å². The molecule has 0 aromatic heterocycles. The van der Waals surface area contributed by atoms with E-state index in [1.807, 2.05) is 6.92 Å². The van der Waals surface area contributed by atoms with E-state index in [0.717, 1.165) is 0 Å². The lowest BCUT2D eigenvalue weighted by molar-refractivity contribution is -0.286. The number of ketones is 1. The fourth-order valence-corrected chi connectivity index (χ4v) is 5.11. The fourth-order valence-electron chi connectivity index (χ4n) is 4.76. The van der Waals surface area contributed by atoms with Gasteiger partial charge in [0, 0.05) is 23.0 Å². The summed E-state index contributed by atoms with van der Waals surface area (Å²) in [6.07, 6.45) is 6.16. The number of rotatable bonds is 3. The van der Waals surface area contributed by atoms with Crippen molar-refractivity contribution < 1.29 is 34.0 Å². The summed E-state index contributed by atoms with van der Waals surface area (Å²) in [6.45, 7) is 8.46. The molecule has 7 nitrogen and oxygen atoms in total. The van der Waals surface area contributed by atoms with Gasteiger partial charge in [0.25, 0.3) is 0 Å². The predicted octanol–water partition coefficient (Wildman–Crippen LogP) is 2.87. The lowest BCUT2D eigenvalue weighted by atomic mass is 9.65. The van der Waals surface area contributed by atoms with Crippen LogP contribution in [0.2, 0.25) is 0 Å². The number of hydrogen-bond acceptors (Lipinski definition) is 7. The fraction of sp³-hybridized carbons (Fsp3) is 0.565. The largest absolute Gasteiger partial charge is 0.465 e. The van der Waals surface area contributed by atoms with Crippen LogP contribution in [0.5, 0.6) is 0 Å². The predicted molar refractivity (Wildman–Crippen MR) is 111 cm³/mol. The van der Waals surface area contributed by atoms with Crippen molar-refractivity contribution in [3.05, 3.63) is 46.4 Å². The average molecular weight is 451 g/mol. The Bertz CT molecular complexity index is 974. The van der Waals surface area contributed by atoms with Crippen molar-refractivity contribution in [1.82, 2.24) is 0 Å². The molecule has 4 rings (SSSR count). The summed E-state index contributed by atoms with van der Waals surface area (Å²) in [6, 6.07) is 0. The van der Waals surface area contributed by atoms with Crippen LogP contribution in [0, 0.1) is 17.8 Å². The number of carbonyl (C=O) groups is 2. The minimum Gasteiger partial charge on any atom is -0.465 e. The number of ether oxygens (including phenoxy) is 3. The SMILES string of the molecule is CCC(C)(O)C=CC1=CC2=C(Cl)C(=O)C3(C)OC4(O)C(C)C(C)OC(=O)C4C3C2=CO1. The third-order valence-corrected chi connectivity index (χ3v) is 7.50. The molecule has 7 unspecified atom stereocenters. The van der Waals surface area contributed by atoms with Gasteiger partial charge in [0.1, 0.15) is 23.4 Å². The zero-order valence-electron chi connectivity index (χ0n) is 18.1. The van der Waals surface area contributed by atoms with E-state index in [1.165, 1.54) is 6.26 Å². The van der Waals surface area contributed by atoms with Gasteiger partial charge in [-0.1, -0.05) is 25.4 Å². The molecule has 0 aromatic carbocycles. The van der Waals surface area contributed by atoms with Crippen LogP contribution in [0.1, 0.15) is 41.0 Å². The zero-order chi connectivity index (χ0) is 22.9. The highest BCUT2D eigenvalue weighted by molar-refractivity contribution is 6.45. The molecule has 0 aromatic rings. The number of fused-ring (bicyclic) bond motifs is 5. The van der Waals surface area contributed by atoms with Crippen molar-refractivity contribution in [3.8, 4) is 0 Å². The first-order valence-electron chi connectivity index (χ1n) is 10.4. The van der Waals surface area contributed by atoms with E-state index in [9.17, 15) is 19.8 Å². The topological polar surface area (TPSA) is 102 Å². The molecule has 0 radical (unpaired) electrons. The third-order valence-electron chi connectivity index (χ3n) is 7.12. The van der Waals surface area contributed by atoms with Gasteiger partial charge in [0.2, 0.25) is 5.78 Å². The molecule has 3 heterocycles. The maximum Gasteiger partial charge on any atom is 0.315 e. The van der Waals surface area contributed by atoms with E-state index in [1.54, 1.807) is 45.9 Å². The Morgan fingerprint density at radius 3 is 2.61 bits per heavy atom. The Kier molecular flexibility index (Phi) is 5.05. The van der Waals surface area contributed by atoms with E-state index < -0.39 is 52.6 Å². The van der Waals surface area contributed by atoms with E-state index >= 15 is 0 Å². The van der Waals surface area contributed by atoms with Gasteiger partial charge in [-0.15, -0.1) is 0 Å². The molecule has 2 N–H and O–H groups in total. The summed E-state index contributed by atoms with van der Waals surface area (Å²) >= 11 is 6.46. The quantitative estimate of drug-likeness (QED) is 0.637. The van der Waals surface area contributed by atoms with Crippen molar-refractivity contribution in [2.75, 3.05) is 0 Å². The molecule has 0 spiro atoms. The minimum absolute atomic E-state index is 0.0576. The molecule has 4 aliphatic rings. The van der Waals surface area contributed by atoms with Gasteiger partial charge in [-0.25, -0.2) is 0 Å². The zero-order valence-corrected chi connectivity index (χ0v) is 18.9. The van der Waals surface area contributed by atoms with Crippen LogP contribution in [0.15, 0.2) is 46.4 Å². The highest BCUT2D eigenvalue weighted by Gasteiger charge is 2.72. The molecule has 1 aliphatic carbocycles. The Labute approximate surface area is 186 Å². The summed E-state index contributed by atoms with van der Waals surface area (Å²) in [5, 5.41) is 21.5. The summed E-state index contributed by atoms with van der Waals surface area (Å²) in [7, 11) is 0. The second kappa shape index (κ2) is 7.04. The monoisotopic (exact) mass is 450 g/mol. The number of Topliss-reactive ketones (excluding diaryl/α,β-unsaturated/α-hetero) is 1. The van der Waals surface area contributed by atoms with E-state index in [0.29, 0.717) is 23.3 Å². The number of carbonyl (C=O) groups excluding carboxylic acids is 2. The first-order chi connectivity index (χ1) is 14.4. The molecule has 2 saturated heterocycles. The van der Waals surface area contributed by atoms with Gasteiger partial charge in [-0.2, -0.15) is 0 Å². The van der Waals surface area contributed by atoms with Crippen LogP contribution in [-0.2, 0) is 23.8 Å². The molecular formula is C23H27ClO7. The molecule has 2 fully saturated rings.